The van der Waals surface area contributed by atoms with Crippen molar-refractivity contribution in [2.45, 2.75) is 31.3 Å². The Labute approximate surface area is 154 Å². The molecule has 26 heavy (non-hydrogen) atoms. The second-order valence-corrected chi connectivity index (χ2v) is 6.90. The third-order valence-electron chi connectivity index (χ3n) is 4.71. The van der Waals surface area contributed by atoms with Crippen LogP contribution in [0.4, 0.5) is 4.79 Å². The van der Waals surface area contributed by atoms with Crippen LogP contribution in [0.1, 0.15) is 29.8 Å². The Morgan fingerprint density at radius 1 is 1.15 bits per heavy atom. The van der Waals surface area contributed by atoms with Crippen molar-refractivity contribution >= 4 is 40.4 Å². The summed E-state index contributed by atoms with van der Waals surface area (Å²) < 4.78 is 0. The Hall–Kier alpha value is -2.74. The van der Waals surface area contributed by atoms with Gasteiger partial charge in [-0.2, -0.15) is 0 Å². The maximum atomic E-state index is 12.6. The van der Waals surface area contributed by atoms with Gasteiger partial charge < -0.3 is 26.5 Å². The normalized spacial score (nSPS) is 22.7. The molecule has 3 atom stereocenters. The van der Waals surface area contributed by atoms with Gasteiger partial charge in [0.2, 0.25) is 5.91 Å². The van der Waals surface area contributed by atoms with E-state index in [2.05, 4.69) is 15.6 Å². The first-order valence-electron chi connectivity index (χ1n) is 8.21. The van der Waals surface area contributed by atoms with Crippen LogP contribution in [0.3, 0.4) is 0 Å². The van der Waals surface area contributed by atoms with Gasteiger partial charge in [-0.15, -0.1) is 0 Å². The first-order valence-corrected chi connectivity index (χ1v) is 8.59. The summed E-state index contributed by atoms with van der Waals surface area (Å²) in [4.78, 5) is 38.0. The standard InChI is InChI=1S/C17H19ClN4O4/c18-10-2-4-11-9(5-10)7-14(20-11)16(24)21-12-3-1-8(15(19)23)6-13(12)22-17(25)26/h2,4-5,7-8,12-13,20,22H,1,3,6H2,(H2,19,23)(H,21,24)(H,25,26). The lowest BCUT2D eigenvalue weighted by Gasteiger charge is -2.35. The Balaban J connectivity index is 1.75. The van der Waals surface area contributed by atoms with Crippen molar-refractivity contribution in [1.82, 2.24) is 15.6 Å². The highest BCUT2D eigenvalue weighted by atomic mass is 35.5. The number of nitrogens with two attached hydrogens (primary N) is 1. The number of rotatable bonds is 4. The summed E-state index contributed by atoms with van der Waals surface area (Å²) in [5, 5.41) is 15.6. The molecule has 0 radical (unpaired) electrons. The summed E-state index contributed by atoms with van der Waals surface area (Å²) >= 11 is 5.95. The lowest BCUT2D eigenvalue weighted by atomic mass is 9.82. The van der Waals surface area contributed by atoms with Crippen LogP contribution in [0.5, 0.6) is 0 Å². The number of aromatic nitrogens is 1. The second kappa shape index (κ2) is 7.25. The molecule has 1 aliphatic rings. The average molecular weight is 379 g/mol. The van der Waals surface area contributed by atoms with E-state index in [1.54, 1.807) is 24.3 Å². The molecule has 3 unspecified atom stereocenters. The number of halogens is 1. The molecule has 138 valence electrons. The zero-order chi connectivity index (χ0) is 18.8. The molecule has 2 aromatic rings. The number of nitrogens with one attached hydrogen (secondary N) is 3. The quantitative estimate of drug-likeness (QED) is 0.554. The molecule has 3 amide bonds. The Kier molecular flexibility index (Phi) is 5.03. The van der Waals surface area contributed by atoms with E-state index < -0.39 is 30.0 Å². The van der Waals surface area contributed by atoms with Crippen molar-refractivity contribution < 1.29 is 19.5 Å². The van der Waals surface area contributed by atoms with Crippen LogP contribution in [0.25, 0.3) is 10.9 Å². The Bertz CT molecular complexity index is 866. The zero-order valence-corrected chi connectivity index (χ0v) is 14.5. The number of carbonyl (C=O) groups is 3. The van der Waals surface area contributed by atoms with Gasteiger partial charge in [0.1, 0.15) is 5.69 Å². The average Bonchev–Trinajstić information content (AvgIpc) is 2.99. The van der Waals surface area contributed by atoms with Gasteiger partial charge in [-0.25, -0.2) is 4.79 Å². The highest BCUT2D eigenvalue weighted by Gasteiger charge is 2.35. The summed E-state index contributed by atoms with van der Waals surface area (Å²) in [6, 6.07) is 5.93. The number of aromatic amines is 1. The smallest absolute Gasteiger partial charge is 0.404 e. The van der Waals surface area contributed by atoms with Crippen molar-refractivity contribution in [3.8, 4) is 0 Å². The summed E-state index contributed by atoms with van der Waals surface area (Å²) in [6.45, 7) is 0. The first kappa shape index (κ1) is 18.1. The number of primary amides is 1. The number of H-pyrrole nitrogens is 1. The first-order chi connectivity index (χ1) is 12.3. The zero-order valence-electron chi connectivity index (χ0n) is 13.8. The van der Waals surface area contributed by atoms with Gasteiger partial charge in [0.15, 0.2) is 0 Å². The topological polar surface area (TPSA) is 137 Å². The van der Waals surface area contributed by atoms with Crippen LogP contribution in [0, 0.1) is 5.92 Å². The van der Waals surface area contributed by atoms with Gasteiger partial charge in [0, 0.05) is 27.9 Å². The second-order valence-electron chi connectivity index (χ2n) is 6.46. The number of carboxylic acid groups (broad SMARTS) is 1. The van der Waals surface area contributed by atoms with E-state index in [4.69, 9.17) is 22.4 Å². The maximum absolute atomic E-state index is 12.6. The fraction of sp³-hybridized carbons (Fsp3) is 0.353. The van der Waals surface area contributed by atoms with Gasteiger partial charge in [-0.1, -0.05) is 11.6 Å². The molecule has 1 fully saturated rings. The molecule has 0 bridgehead atoms. The molecule has 1 aliphatic carbocycles. The molecular formula is C17H19ClN4O4. The molecule has 0 saturated heterocycles. The molecule has 0 spiro atoms. The summed E-state index contributed by atoms with van der Waals surface area (Å²) in [5.41, 5.74) is 6.47. The highest BCUT2D eigenvalue weighted by molar-refractivity contribution is 6.31. The molecule has 1 aromatic carbocycles. The number of hydrogen-bond donors (Lipinski definition) is 5. The molecule has 1 aromatic heterocycles. The molecule has 3 rings (SSSR count). The molecular weight excluding hydrogens is 360 g/mol. The third-order valence-corrected chi connectivity index (χ3v) is 4.94. The van der Waals surface area contributed by atoms with Crippen molar-refractivity contribution in [2.24, 2.45) is 11.7 Å². The Morgan fingerprint density at radius 3 is 2.62 bits per heavy atom. The highest BCUT2D eigenvalue weighted by Crippen LogP contribution is 2.25. The minimum Gasteiger partial charge on any atom is -0.465 e. The predicted octanol–water partition coefficient (Wildman–Crippen LogP) is 1.84. The van der Waals surface area contributed by atoms with Crippen molar-refractivity contribution in [1.29, 1.82) is 0 Å². The van der Waals surface area contributed by atoms with Gasteiger partial charge in [-0.05, 0) is 43.5 Å². The van der Waals surface area contributed by atoms with Gasteiger partial charge in [0.25, 0.3) is 5.91 Å². The third kappa shape index (κ3) is 3.91. The van der Waals surface area contributed by atoms with E-state index in [0.717, 1.165) is 10.9 Å². The van der Waals surface area contributed by atoms with Crippen LogP contribution in [0.2, 0.25) is 5.02 Å². The van der Waals surface area contributed by atoms with E-state index in [1.807, 2.05) is 0 Å². The SMILES string of the molecule is NC(=O)C1CCC(NC(=O)c2cc3cc(Cl)ccc3[nH]2)C(NC(=O)O)C1. The van der Waals surface area contributed by atoms with E-state index in [-0.39, 0.29) is 12.3 Å². The molecule has 1 saturated carbocycles. The molecule has 6 N–H and O–H groups in total. The number of fused-ring (bicyclic) bond motifs is 1. The largest absolute Gasteiger partial charge is 0.465 e. The van der Waals surface area contributed by atoms with E-state index in [9.17, 15) is 14.4 Å². The van der Waals surface area contributed by atoms with E-state index >= 15 is 0 Å². The van der Waals surface area contributed by atoms with Crippen molar-refractivity contribution in [3.63, 3.8) is 0 Å². The van der Waals surface area contributed by atoms with Gasteiger partial charge in [-0.3, -0.25) is 9.59 Å². The fourth-order valence-electron chi connectivity index (χ4n) is 3.39. The van der Waals surface area contributed by atoms with Gasteiger partial charge >= 0.3 is 6.09 Å². The van der Waals surface area contributed by atoms with E-state index in [0.29, 0.717) is 23.6 Å². The number of hydrogen-bond acceptors (Lipinski definition) is 3. The fourth-order valence-corrected chi connectivity index (χ4v) is 3.57. The predicted molar refractivity (Wildman–Crippen MR) is 96.0 cm³/mol. The van der Waals surface area contributed by atoms with Gasteiger partial charge in [0.05, 0.1) is 6.04 Å². The monoisotopic (exact) mass is 378 g/mol. The summed E-state index contributed by atoms with van der Waals surface area (Å²) in [5.74, 6) is -1.22. The molecule has 1 heterocycles. The van der Waals surface area contributed by atoms with Crippen LogP contribution in [-0.4, -0.2) is 40.1 Å². The molecule has 0 aliphatic heterocycles. The molecule has 9 heteroatoms. The lowest BCUT2D eigenvalue weighted by Crippen LogP contribution is -2.55. The van der Waals surface area contributed by atoms with Crippen molar-refractivity contribution in [2.75, 3.05) is 0 Å². The Morgan fingerprint density at radius 2 is 1.92 bits per heavy atom. The summed E-state index contributed by atoms with van der Waals surface area (Å²) in [7, 11) is 0. The minimum atomic E-state index is -1.21. The lowest BCUT2D eigenvalue weighted by molar-refractivity contribution is -0.123. The number of benzene rings is 1. The van der Waals surface area contributed by atoms with Crippen LogP contribution in [0.15, 0.2) is 24.3 Å². The minimum absolute atomic E-state index is 0.259. The number of amides is 3. The van der Waals surface area contributed by atoms with E-state index in [1.165, 1.54) is 0 Å². The van der Waals surface area contributed by atoms with Crippen molar-refractivity contribution in [3.05, 3.63) is 35.0 Å². The summed E-state index contributed by atoms with van der Waals surface area (Å²) in [6.07, 6.45) is 0.00523. The maximum Gasteiger partial charge on any atom is 0.404 e. The van der Waals surface area contributed by atoms with Crippen LogP contribution in [-0.2, 0) is 4.79 Å². The molecule has 8 nitrogen and oxygen atoms in total. The number of carbonyl (C=O) groups excluding carboxylic acids is 2. The van der Waals surface area contributed by atoms with Crippen LogP contribution < -0.4 is 16.4 Å². The van der Waals surface area contributed by atoms with Crippen LogP contribution >= 0.6 is 11.6 Å².